The van der Waals surface area contributed by atoms with Gasteiger partial charge in [-0.05, 0) is 102 Å². The number of nitrogens with zero attached hydrogens (tertiary/aromatic N) is 15. The number of hydrogen-bond acceptors (Lipinski definition) is 31. The van der Waals surface area contributed by atoms with Gasteiger partial charge in [0.25, 0.3) is 39.6 Å². The van der Waals surface area contributed by atoms with Crippen molar-refractivity contribution in [1.82, 2.24) is 96.3 Å². The van der Waals surface area contributed by atoms with Gasteiger partial charge in [-0.25, -0.2) is 43.8 Å². The number of nitrogens with one attached hydrogen (secondary N) is 8. The molecule has 688 valence electrons. The van der Waals surface area contributed by atoms with Gasteiger partial charge in [-0.15, -0.1) is 12.4 Å². The van der Waals surface area contributed by atoms with E-state index < -0.39 is 57.4 Å². The molecule has 43 nitrogen and oxygen atoms in total. The number of aromatic amines is 3. The van der Waals surface area contributed by atoms with E-state index in [9.17, 15) is 71.9 Å². The Balaban J connectivity index is 0.000000387. The van der Waals surface area contributed by atoms with Crippen molar-refractivity contribution in [3.8, 4) is 0 Å². The van der Waals surface area contributed by atoms with Crippen LogP contribution in [-0.2, 0) is 47.7 Å². The van der Waals surface area contributed by atoms with Gasteiger partial charge >= 0.3 is 53.9 Å². The summed E-state index contributed by atoms with van der Waals surface area (Å²) < 4.78 is 23.6. The zero-order chi connectivity index (χ0) is 91.3. The first-order valence-electron chi connectivity index (χ1n) is 39.6. The topological polar surface area (TPSA) is 521 Å². The Kier molecular flexibility index (Phi) is 43.9. The number of anilines is 4. The molecular formula is C76H113BrCl4N23NaO20. The van der Waals surface area contributed by atoms with E-state index in [2.05, 4.69) is 88.2 Å². The molecule has 0 aliphatic carbocycles. The summed E-state index contributed by atoms with van der Waals surface area (Å²) in [4.78, 5) is 187. The minimum absolute atomic E-state index is 0. The van der Waals surface area contributed by atoms with Gasteiger partial charge in [-0.2, -0.15) is 25.5 Å². The molecule has 10 amide bonds. The van der Waals surface area contributed by atoms with Crippen LogP contribution < -0.4 is 104 Å². The Morgan fingerprint density at radius 2 is 0.736 bits per heavy atom. The van der Waals surface area contributed by atoms with Crippen LogP contribution in [0.5, 0.6) is 0 Å². The number of carbonyl (C=O) groups excluding carboxylic acids is 10. The number of aliphatic hydroxyl groups excluding tert-OH is 1. The maximum atomic E-state index is 12.5. The van der Waals surface area contributed by atoms with Crippen molar-refractivity contribution in [2.75, 3.05) is 158 Å². The molecule has 13 rings (SSSR count). The molecule has 13 heterocycles. The number of carbonyl (C=O) groups is 10. The first-order valence-corrected chi connectivity index (χ1v) is 41.6. The van der Waals surface area contributed by atoms with Crippen molar-refractivity contribution in [3.63, 3.8) is 0 Å². The second-order valence-corrected chi connectivity index (χ2v) is 34.5. The number of ether oxygens (including phenoxy) is 4. The normalized spacial score (nSPS) is 18.5. The van der Waals surface area contributed by atoms with Crippen LogP contribution in [-0.4, -0.2) is 300 Å². The number of piperazine rings is 5. The molecule has 8 saturated heterocycles. The fourth-order valence-corrected chi connectivity index (χ4v) is 12.9. The summed E-state index contributed by atoms with van der Waals surface area (Å²) in [7, 11) is 1.00. The second-order valence-electron chi connectivity index (χ2n) is 32.2. The van der Waals surface area contributed by atoms with E-state index in [0.29, 0.717) is 109 Å². The number of hydrogen-bond donors (Lipinski definition) is 9. The van der Waals surface area contributed by atoms with Crippen molar-refractivity contribution < 1.29 is 103 Å². The summed E-state index contributed by atoms with van der Waals surface area (Å²) in [6.07, 6.45) is 8.42. The Hall–Kier alpha value is -9.38. The molecule has 0 bridgehead atoms. The first kappa shape index (κ1) is 108. The molecule has 8 aliphatic heterocycles. The molecule has 0 radical (unpaired) electrons. The molecule has 9 N–H and O–H groups in total. The van der Waals surface area contributed by atoms with Crippen LogP contribution in [0.25, 0.3) is 0 Å². The summed E-state index contributed by atoms with van der Waals surface area (Å²) >= 11 is 19.9. The molecular weight excluding hydrogens is 1800 g/mol. The van der Waals surface area contributed by atoms with E-state index in [0.717, 1.165) is 80.2 Å². The maximum Gasteiger partial charge on any atom is 1.00 e. The second kappa shape index (κ2) is 50.8. The number of alkyl halides is 1. The zero-order valence-electron chi connectivity index (χ0n) is 73.6. The van der Waals surface area contributed by atoms with Crippen molar-refractivity contribution in [2.24, 2.45) is 0 Å². The Morgan fingerprint density at radius 3 is 1.07 bits per heavy atom. The molecule has 5 aromatic heterocycles. The van der Waals surface area contributed by atoms with Crippen LogP contribution in [0.4, 0.5) is 41.9 Å². The van der Waals surface area contributed by atoms with E-state index in [1.54, 1.807) is 32.0 Å². The Morgan fingerprint density at radius 1 is 0.416 bits per heavy atom. The molecule has 125 heavy (non-hydrogen) atoms. The van der Waals surface area contributed by atoms with E-state index in [4.69, 9.17) is 58.9 Å². The molecule has 5 aromatic rings. The number of imide groups is 3. The Labute approximate surface area is 774 Å². The van der Waals surface area contributed by atoms with Crippen LogP contribution in [0.2, 0.25) is 15.1 Å². The van der Waals surface area contributed by atoms with Crippen LogP contribution in [0.15, 0.2) is 73.2 Å². The predicted octanol–water partition coefficient (Wildman–Crippen LogP) is 0.453. The minimum Gasteiger partial charge on any atom is -1.00 e. The zero-order valence-corrected chi connectivity index (χ0v) is 79.2. The van der Waals surface area contributed by atoms with Crippen LogP contribution in [0, 0.1) is 0 Å². The first-order chi connectivity index (χ1) is 57.8. The van der Waals surface area contributed by atoms with E-state index in [1.165, 1.54) is 36.8 Å². The van der Waals surface area contributed by atoms with Gasteiger partial charge in [-0.3, -0.25) is 68.7 Å². The number of piperidine rings is 3. The SMILES string of the molecule is CC(C)(C)OC(=O)N1CCN(c2cn[nH]c(=O)c2)CC1.CC(C)(C)OC(=O)N1CCN(c2cn[nH]c(=O)c2Cl)CC1.CC(C)(C)OC(=O)N1CCN(c2cnn(C3CCC(=O)NC3=O)c(=O)c2)CC1.CC(C)(C)OC(=O)N1CCNCC1.CO.Cl.O=C1CCC(Br)C(=O)N1.O=C1CCC(n2ncc(N3CCNCC3)cc2=O)C(=O)N1.O=c1[nH]ncc(Cl)c1Cl.[H-].[Na+]. The summed E-state index contributed by atoms with van der Waals surface area (Å²) in [5, 5.41) is 46.3. The standard InChI is InChI=1S/C18H25N5O5.C13H19ClN4O3.C13H17N5O3.C13H20N4O3.C9H18N2O2.C5H6BrNO2.C4H2Cl2N2O.CH4O.ClH.Na.H/c1-18(2,3)28-17(27)22-8-6-21(7-9-22)12-10-15(25)23(19-11-12)13-4-5-14(24)20-16(13)26;1-13(2,3)21-12(20)18-6-4-17(5-7-18)9-8-15-16-11(19)10(9)14;19-11-2-1-10(13(21)16-11)18-12(20)7-9(8-15-18)17-5-3-14-4-6-17;1-13(2,3)20-12(19)17-6-4-16(5-7-17)10-8-11(18)15-14-9-10;1-9(2,3)13-8(12)11-6-4-10-5-7-11;6-3-1-2-4(8)7-5(3)9;5-2-1-7-8-4(9)3(2)6;1-2;;;/h10-11,13H,4-9H2,1-3H3,(H,20,24,26);8H,4-7H2,1-3H3,(H,16,19);7-8,10,14H,1-6H2,(H,16,19,21);8-9H,4-7H2,1-3H3,(H,15,18);10H,4-7H2,1-3H3;3H,1-2H2,(H,7,8,9);1H,(H,8,9);2H,1H3;1H;;/q;;;;;;;;;+1;-1. The molecule has 0 aromatic carbocycles. The molecule has 0 spiro atoms. The summed E-state index contributed by atoms with van der Waals surface area (Å²) in [5.41, 5.74) is -0.976. The maximum absolute atomic E-state index is 12.5. The summed E-state index contributed by atoms with van der Waals surface area (Å²) in [5.74, 6) is -2.00. The summed E-state index contributed by atoms with van der Waals surface area (Å²) in [6.45, 7) is 35.4. The van der Waals surface area contributed by atoms with E-state index >= 15 is 0 Å². The van der Waals surface area contributed by atoms with Gasteiger partial charge in [0.1, 0.15) is 44.5 Å². The number of halogens is 5. The molecule has 3 unspecified atom stereocenters. The Bertz CT molecular complexity index is 4760. The molecule has 3 atom stereocenters. The van der Waals surface area contributed by atoms with Gasteiger partial charge in [0.05, 0.1) is 63.6 Å². The van der Waals surface area contributed by atoms with E-state index in [1.807, 2.05) is 97.8 Å². The van der Waals surface area contributed by atoms with Gasteiger partial charge in [0.2, 0.25) is 23.6 Å². The number of aromatic nitrogens is 10. The molecule has 49 heteroatoms. The quantitative estimate of drug-likeness (QED) is 0.0482. The average molecular weight is 1910 g/mol. The van der Waals surface area contributed by atoms with Crippen molar-refractivity contribution in [2.45, 2.75) is 161 Å². The third-order valence-corrected chi connectivity index (χ3v) is 20.1. The van der Waals surface area contributed by atoms with Crippen LogP contribution >= 0.6 is 63.1 Å². The van der Waals surface area contributed by atoms with Crippen molar-refractivity contribution >= 4 is 146 Å². The molecule has 8 fully saturated rings. The summed E-state index contributed by atoms with van der Waals surface area (Å²) in [6, 6.07) is 2.97. The number of aliphatic hydroxyl groups is 1. The van der Waals surface area contributed by atoms with Crippen molar-refractivity contribution in [3.05, 3.63) is 116 Å². The van der Waals surface area contributed by atoms with Gasteiger partial charge in [-0.1, -0.05) is 50.7 Å². The number of H-pyrrole nitrogens is 3. The third kappa shape index (κ3) is 36.5. The smallest absolute Gasteiger partial charge is 1.00 e. The van der Waals surface area contributed by atoms with Gasteiger partial charge in [0, 0.05) is 175 Å². The molecule has 8 aliphatic rings. The monoisotopic (exact) mass is 1910 g/mol. The fourth-order valence-electron chi connectivity index (χ4n) is 12.1. The average Bonchev–Trinajstić information content (AvgIpc) is 0.819. The molecule has 0 saturated carbocycles. The fraction of sp³-hybridized carbons (Fsp3) is 0.605. The minimum atomic E-state index is -0.775. The number of amides is 10. The van der Waals surface area contributed by atoms with E-state index in [-0.39, 0.29) is 147 Å². The predicted molar refractivity (Wildman–Crippen MR) is 467 cm³/mol. The third-order valence-electron chi connectivity index (χ3n) is 18.1. The van der Waals surface area contributed by atoms with Crippen LogP contribution in [0.1, 0.15) is 135 Å². The van der Waals surface area contributed by atoms with Gasteiger partial charge in [0.15, 0.2) is 0 Å². The number of rotatable bonds is 6. The van der Waals surface area contributed by atoms with Crippen molar-refractivity contribution in [1.29, 1.82) is 0 Å². The largest absolute Gasteiger partial charge is 1.00 e. The van der Waals surface area contributed by atoms with Gasteiger partial charge < -0.3 is 75.3 Å². The van der Waals surface area contributed by atoms with Crippen LogP contribution in [0.3, 0.4) is 0 Å².